The minimum absolute atomic E-state index is 0.0149. The third kappa shape index (κ3) is 7.18. The smallest absolute Gasteiger partial charge is 0.389 e. The number of halogens is 3. The Morgan fingerprint density at radius 2 is 1.86 bits per heavy atom. The number of hydrogen-bond acceptors (Lipinski definition) is 7. The molecule has 3 heterocycles. The fourth-order valence-electron chi connectivity index (χ4n) is 4.38. The van der Waals surface area contributed by atoms with Crippen molar-refractivity contribution in [1.29, 1.82) is 5.26 Å². The summed E-state index contributed by atoms with van der Waals surface area (Å²) in [5.41, 5.74) is -0.415. The van der Waals surface area contributed by atoms with Crippen LogP contribution in [0.4, 0.5) is 19.0 Å². The minimum Gasteiger partial charge on any atom is -0.460 e. The van der Waals surface area contributed by atoms with Crippen LogP contribution in [0.1, 0.15) is 80.9 Å². The molecule has 0 atom stereocenters. The quantitative estimate of drug-likeness (QED) is 0.402. The highest BCUT2D eigenvalue weighted by atomic mass is 19.4. The monoisotopic (exact) mass is 508 g/mol. The molecule has 1 aromatic rings. The van der Waals surface area contributed by atoms with Crippen LogP contribution in [0.5, 0.6) is 0 Å². The van der Waals surface area contributed by atoms with Gasteiger partial charge in [-0.25, -0.2) is 4.98 Å². The average Bonchev–Trinajstić information content (AvgIpc) is 3.20. The molecule has 0 spiro atoms. The molecule has 0 unspecified atom stereocenters. The fraction of sp³-hybridized carbons (Fsp3) is 0.640. The van der Waals surface area contributed by atoms with E-state index in [9.17, 15) is 32.8 Å². The Bertz CT molecular complexity index is 1050. The first-order valence-corrected chi connectivity index (χ1v) is 12.1. The van der Waals surface area contributed by atoms with E-state index >= 15 is 0 Å². The van der Waals surface area contributed by atoms with Crippen LogP contribution in [-0.4, -0.2) is 59.0 Å². The maximum atomic E-state index is 12.7. The standard InChI is InChI=1S/C25H31F3N4O4/c1-24(2,3)36-23(35)16-7-11-31(12-8-16)22-17(14-29)13-18(20(33)6-9-25(26,27)28)19(30-22)15-32-10-4-5-21(32)34/h13,16H,4-12,15H2,1-3H3. The van der Waals surface area contributed by atoms with Crippen molar-refractivity contribution in [2.24, 2.45) is 5.92 Å². The number of carbonyl (C=O) groups is 3. The Kier molecular flexibility index (Phi) is 8.26. The molecule has 0 radical (unpaired) electrons. The number of alkyl halides is 3. The summed E-state index contributed by atoms with van der Waals surface area (Å²) in [7, 11) is 0. The lowest BCUT2D eigenvalue weighted by Gasteiger charge is -2.34. The molecule has 36 heavy (non-hydrogen) atoms. The summed E-state index contributed by atoms with van der Waals surface area (Å²) >= 11 is 0. The molecule has 2 fully saturated rings. The third-order valence-electron chi connectivity index (χ3n) is 6.18. The maximum absolute atomic E-state index is 12.7. The molecule has 2 aliphatic heterocycles. The van der Waals surface area contributed by atoms with Crippen LogP contribution in [0.25, 0.3) is 0 Å². The van der Waals surface area contributed by atoms with Crippen molar-refractivity contribution in [1.82, 2.24) is 9.88 Å². The maximum Gasteiger partial charge on any atom is 0.389 e. The molecule has 0 N–H and O–H groups in total. The van der Waals surface area contributed by atoms with Crippen molar-refractivity contribution in [3.63, 3.8) is 0 Å². The number of carbonyl (C=O) groups excluding carboxylic acids is 3. The van der Waals surface area contributed by atoms with Crippen molar-refractivity contribution in [2.75, 3.05) is 24.5 Å². The van der Waals surface area contributed by atoms with Crippen molar-refractivity contribution >= 4 is 23.5 Å². The Balaban J connectivity index is 1.86. The number of piperidine rings is 1. The minimum atomic E-state index is -4.50. The molecular formula is C25H31F3N4O4. The van der Waals surface area contributed by atoms with E-state index in [1.54, 1.807) is 20.8 Å². The number of pyridine rings is 1. The zero-order chi connectivity index (χ0) is 26.7. The number of nitrogens with zero attached hydrogens (tertiary/aromatic N) is 4. The van der Waals surface area contributed by atoms with Gasteiger partial charge in [0.2, 0.25) is 5.91 Å². The van der Waals surface area contributed by atoms with Gasteiger partial charge in [0.25, 0.3) is 0 Å². The highest BCUT2D eigenvalue weighted by Crippen LogP contribution is 2.30. The number of rotatable bonds is 7. The second-order valence-electron chi connectivity index (χ2n) is 10.2. The topological polar surface area (TPSA) is 104 Å². The number of amides is 1. The van der Waals surface area contributed by atoms with Crippen LogP contribution in [0.15, 0.2) is 6.07 Å². The van der Waals surface area contributed by atoms with Crippen LogP contribution in [-0.2, 0) is 20.9 Å². The predicted octanol–water partition coefficient (Wildman–Crippen LogP) is 4.16. The van der Waals surface area contributed by atoms with E-state index in [2.05, 4.69) is 4.98 Å². The van der Waals surface area contributed by atoms with Gasteiger partial charge < -0.3 is 14.5 Å². The molecule has 11 heteroatoms. The van der Waals surface area contributed by atoms with Gasteiger partial charge >= 0.3 is 12.1 Å². The summed E-state index contributed by atoms with van der Waals surface area (Å²) in [5, 5.41) is 9.75. The molecule has 0 saturated carbocycles. The van der Waals surface area contributed by atoms with E-state index in [1.165, 1.54) is 11.0 Å². The van der Waals surface area contributed by atoms with Gasteiger partial charge in [-0.3, -0.25) is 14.4 Å². The lowest BCUT2D eigenvalue weighted by atomic mass is 9.95. The van der Waals surface area contributed by atoms with Crippen LogP contribution in [0.2, 0.25) is 0 Å². The normalized spacial score (nSPS) is 17.3. The van der Waals surface area contributed by atoms with E-state index in [4.69, 9.17) is 4.74 Å². The second kappa shape index (κ2) is 10.8. The van der Waals surface area contributed by atoms with Gasteiger partial charge in [-0.2, -0.15) is 18.4 Å². The van der Waals surface area contributed by atoms with Gasteiger partial charge in [0.15, 0.2) is 5.78 Å². The Labute approximate surface area is 208 Å². The summed E-state index contributed by atoms with van der Waals surface area (Å²) in [6, 6.07) is 3.29. The van der Waals surface area contributed by atoms with Crippen LogP contribution in [0, 0.1) is 17.2 Å². The summed E-state index contributed by atoms with van der Waals surface area (Å²) < 4.78 is 43.7. The lowest BCUT2D eigenvalue weighted by Crippen LogP contribution is -2.39. The second-order valence-corrected chi connectivity index (χ2v) is 10.2. The van der Waals surface area contributed by atoms with Crippen LogP contribution in [0.3, 0.4) is 0 Å². The molecule has 2 aliphatic rings. The zero-order valence-electron chi connectivity index (χ0n) is 20.8. The highest BCUT2D eigenvalue weighted by molar-refractivity contribution is 5.98. The van der Waals surface area contributed by atoms with Gasteiger partial charge in [0, 0.05) is 38.0 Å². The summed E-state index contributed by atoms with van der Waals surface area (Å²) in [6.07, 6.45) is -4.57. The van der Waals surface area contributed by atoms with E-state index in [0.29, 0.717) is 51.1 Å². The van der Waals surface area contributed by atoms with Crippen molar-refractivity contribution in [2.45, 2.75) is 77.6 Å². The third-order valence-corrected chi connectivity index (χ3v) is 6.18. The highest BCUT2D eigenvalue weighted by Gasteiger charge is 2.33. The molecule has 1 amide bonds. The number of esters is 1. The molecule has 0 aromatic carbocycles. The zero-order valence-corrected chi connectivity index (χ0v) is 20.8. The molecule has 3 rings (SSSR count). The van der Waals surface area contributed by atoms with Gasteiger partial charge in [0.05, 0.1) is 30.1 Å². The number of ketones is 1. The molecule has 8 nitrogen and oxygen atoms in total. The van der Waals surface area contributed by atoms with Gasteiger partial charge in [0.1, 0.15) is 17.5 Å². The number of likely N-dealkylation sites (tertiary alicyclic amines) is 1. The van der Waals surface area contributed by atoms with Crippen molar-refractivity contribution in [3.8, 4) is 6.07 Å². The van der Waals surface area contributed by atoms with Crippen molar-refractivity contribution in [3.05, 3.63) is 22.9 Å². The average molecular weight is 509 g/mol. The Morgan fingerprint density at radius 3 is 2.39 bits per heavy atom. The Morgan fingerprint density at radius 1 is 1.19 bits per heavy atom. The molecule has 0 aliphatic carbocycles. The van der Waals surface area contributed by atoms with Gasteiger partial charge in [-0.1, -0.05) is 0 Å². The largest absolute Gasteiger partial charge is 0.460 e. The summed E-state index contributed by atoms with van der Waals surface area (Å²) in [4.78, 5) is 45.3. The number of nitriles is 1. The number of hydrogen-bond donors (Lipinski definition) is 0. The first-order valence-electron chi connectivity index (χ1n) is 12.1. The number of Topliss-reactive ketones (excluding diaryl/α,β-unsaturated/α-hetero) is 1. The summed E-state index contributed by atoms with van der Waals surface area (Å²) in [6.45, 7) is 6.67. The van der Waals surface area contributed by atoms with E-state index in [1.807, 2.05) is 11.0 Å². The molecule has 2 saturated heterocycles. The number of ether oxygens (including phenoxy) is 1. The molecule has 196 valence electrons. The first kappa shape index (κ1) is 27.4. The van der Waals surface area contributed by atoms with Gasteiger partial charge in [-0.15, -0.1) is 0 Å². The fourth-order valence-corrected chi connectivity index (χ4v) is 4.38. The summed E-state index contributed by atoms with van der Waals surface area (Å²) in [5.74, 6) is -1.16. The number of anilines is 1. The van der Waals surface area contributed by atoms with E-state index in [0.717, 1.165) is 0 Å². The van der Waals surface area contributed by atoms with Crippen molar-refractivity contribution < 1.29 is 32.3 Å². The lowest BCUT2D eigenvalue weighted by molar-refractivity contribution is -0.160. The van der Waals surface area contributed by atoms with Crippen LogP contribution < -0.4 is 4.90 Å². The predicted molar refractivity (Wildman–Crippen MR) is 124 cm³/mol. The SMILES string of the molecule is CC(C)(C)OC(=O)C1CCN(c2nc(CN3CCCC3=O)c(C(=O)CCC(F)(F)F)cc2C#N)CC1. The van der Waals surface area contributed by atoms with E-state index < -0.39 is 30.4 Å². The number of aromatic nitrogens is 1. The first-order chi connectivity index (χ1) is 16.8. The Hall–Kier alpha value is -3.16. The van der Waals surface area contributed by atoms with Crippen LogP contribution >= 0.6 is 0 Å². The molecule has 0 bridgehead atoms. The molecule has 1 aromatic heterocycles. The molecular weight excluding hydrogens is 477 g/mol. The van der Waals surface area contributed by atoms with Gasteiger partial charge in [-0.05, 0) is 46.1 Å². The van der Waals surface area contributed by atoms with E-state index in [-0.39, 0.29) is 41.2 Å².